The number of likely N-dealkylation sites (tertiary alicyclic amines) is 1. The zero-order valence-corrected chi connectivity index (χ0v) is 11.3. The fourth-order valence-corrected chi connectivity index (χ4v) is 2.61. The number of carbonyl (C=O) groups is 3. The number of likely N-dealkylation sites (N-methyl/N-ethyl adjacent to an activating group) is 1. The van der Waals surface area contributed by atoms with Crippen molar-refractivity contribution in [1.29, 1.82) is 0 Å². The van der Waals surface area contributed by atoms with Crippen molar-refractivity contribution in [2.24, 2.45) is 5.92 Å². The van der Waals surface area contributed by atoms with Crippen molar-refractivity contribution in [1.82, 2.24) is 15.5 Å². The Morgan fingerprint density at radius 1 is 1.42 bits per heavy atom. The van der Waals surface area contributed by atoms with Gasteiger partial charge in [0, 0.05) is 19.9 Å². The highest BCUT2D eigenvalue weighted by Gasteiger charge is 2.32. The number of piperidine rings is 1. The molecule has 2 aliphatic heterocycles. The first-order chi connectivity index (χ1) is 9.08. The molecule has 0 radical (unpaired) electrons. The van der Waals surface area contributed by atoms with Crippen LogP contribution < -0.4 is 10.6 Å². The largest absolute Gasteiger partial charge is 0.344 e. The predicted molar refractivity (Wildman–Crippen MR) is 69.2 cm³/mol. The number of nitrogens with one attached hydrogen (secondary N) is 2. The second kappa shape index (κ2) is 6.14. The van der Waals surface area contributed by atoms with E-state index in [2.05, 4.69) is 10.6 Å². The maximum atomic E-state index is 11.8. The Balaban J connectivity index is 1.75. The van der Waals surface area contributed by atoms with E-state index in [-0.39, 0.29) is 17.7 Å². The van der Waals surface area contributed by atoms with Gasteiger partial charge in [-0.1, -0.05) is 0 Å². The minimum absolute atomic E-state index is 0.0898. The van der Waals surface area contributed by atoms with Crippen LogP contribution in [-0.2, 0) is 14.4 Å². The van der Waals surface area contributed by atoms with Crippen LogP contribution in [0.2, 0.25) is 0 Å². The highest BCUT2D eigenvalue weighted by Crippen LogP contribution is 2.15. The molecule has 2 rings (SSSR count). The molecule has 3 amide bonds. The number of hydrogen-bond acceptors (Lipinski definition) is 4. The molecular weight excluding hydrogens is 246 g/mol. The van der Waals surface area contributed by atoms with Gasteiger partial charge in [-0.3, -0.25) is 19.3 Å². The third-order valence-electron chi connectivity index (χ3n) is 3.93. The van der Waals surface area contributed by atoms with E-state index >= 15 is 0 Å². The minimum Gasteiger partial charge on any atom is -0.344 e. The third kappa shape index (κ3) is 3.53. The van der Waals surface area contributed by atoms with Crippen molar-refractivity contribution in [3.05, 3.63) is 0 Å². The molecule has 6 heteroatoms. The summed E-state index contributed by atoms with van der Waals surface area (Å²) in [5.41, 5.74) is 0. The molecule has 2 aliphatic rings. The summed E-state index contributed by atoms with van der Waals surface area (Å²) >= 11 is 0. The molecule has 2 unspecified atom stereocenters. The molecule has 0 aromatic carbocycles. The molecule has 0 spiro atoms. The zero-order chi connectivity index (χ0) is 13.8. The van der Waals surface area contributed by atoms with Gasteiger partial charge in [0.25, 0.3) is 5.91 Å². The van der Waals surface area contributed by atoms with E-state index in [1.165, 1.54) is 7.05 Å². The summed E-state index contributed by atoms with van der Waals surface area (Å²) in [5, 5.41) is 6.01. The molecule has 0 saturated carbocycles. The number of rotatable bonds is 4. The summed E-state index contributed by atoms with van der Waals surface area (Å²) < 4.78 is 0. The highest BCUT2D eigenvalue weighted by molar-refractivity contribution is 6.01. The Morgan fingerprint density at radius 2 is 2.21 bits per heavy atom. The normalized spacial score (nSPS) is 27.7. The van der Waals surface area contributed by atoms with Crippen LogP contribution in [0.3, 0.4) is 0 Å². The molecule has 2 saturated heterocycles. The Labute approximate surface area is 112 Å². The number of amides is 3. The maximum Gasteiger partial charge on any atom is 0.251 e. The Morgan fingerprint density at radius 3 is 2.89 bits per heavy atom. The Kier molecular flexibility index (Phi) is 4.52. The summed E-state index contributed by atoms with van der Waals surface area (Å²) in [6.07, 6.45) is 3.16. The van der Waals surface area contributed by atoms with Crippen LogP contribution >= 0.6 is 0 Å². The van der Waals surface area contributed by atoms with Gasteiger partial charge >= 0.3 is 0 Å². The van der Waals surface area contributed by atoms with Gasteiger partial charge in [0.1, 0.15) is 6.04 Å². The lowest BCUT2D eigenvalue weighted by molar-refractivity contribution is -0.149. The fourth-order valence-electron chi connectivity index (χ4n) is 2.61. The number of imide groups is 1. The highest BCUT2D eigenvalue weighted by atomic mass is 16.2. The Hall–Kier alpha value is -1.43. The van der Waals surface area contributed by atoms with Gasteiger partial charge in [0.2, 0.25) is 11.8 Å². The molecule has 2 N–H and O–H groups in total. The molecule has 0 bridgehead atoms. The summed E-state index contributed by atoms with van der Waals surface area (Å²) in [5.74, 6) is 0.00437. The van der Waals surface area contributed by atoms with Crippen molar-refractivity contribution >= 4 is 17.7 Å². The predicted octanol–water partition coefficient (Wildman–Crippen LogP) is -0.360. The molecule has 6 nitrogen and oxygen atoms in total. The summed E-state index contributed by atoms with van der Waals surface area (Å²) in [6, 6.07) is -0.531. The molecule has 0 aliphatic carbocycles. The van der Waals surface area contributed by atoms with Gasteiger partial charge in [0.05, 0.1) is 0 Å². The van der Waals surface area contributed by atoms with Crippen LogP contribution in [0.4, 0.5) is 0 Å². The van der Waals surface area contributed by atoms with Gasteiger partial charge in [-0.25, -0.2) is 0 Å². The lowest BCUT2D eigenvalue weighted by atomic mass is 10.0. The van der Waals surface area contributed by atoms with Gasteiger partial charge in [-0.05, 0) is 38.3 Å². The summed E-state index contributed by atoms with van der Waals surface area (Å²) in [4.78, 5) is 36.1. The van der Waals surface area contributed by atoms with Crippen molar-refractivity contribution < 1.29 is 14.4 Å². The van der Waals surface area contributed by atoms with Gasteiger partial charge in [-0.2, -0.15) is 0 Å². The van der Waals surface area contributed by atoms with Crippen molar-refractivity contribution in [3.63, 3.8) is 0 Å². The third-order valence-corrected chi connectivity index (χ3v) is 3.93. The topological polar surface area (TPSA) is 78.5 Å². The lowest BCUT2D eigenvalue weighted by Gasteiger charge is -2.28. The van der Waals surface area contributed by atoms with Crippen molar-refractivity contribution in [2.45, 2.75) is 38.1 Å². The van der Waals surface area contributed by atoms with Crippen LogP contribution in [-0.4, -0.2) is 48.8 Å². The van der Waals surface area contributed by atoms with Crippen molar-refractivity contribution in [3.8, 4) is 0 Å². The molecule has 19 heavy (non-hydrogen) atoms. The van der Waals surface area contributed by atoms with E-state index in [9.17, 15) is 14.4 Å². The first-order valence-corrected chi connectivity index (χ1v) is 6.88. The van der Waals surface area contributed by atoms with Gasteiger partial charge < -0.3 is 10.6 Å². The molecule has 2 fully saturated rings. The van der Waals surface area contributed by atoms with Crippen LogP contribution in [0.5, 0.6) is 0 Å². The first kappa shape index (κ1) is 14.0. The van der Waals surface area contributed by atoms with E-state index in [0.29, 0.717) is 25.2 Å². The minimum atomic E-state index is -0.531. The molecule has 0 aromatic heterocycles. The quantitative estimate of drug-likeness (QED) is 0.682. The number of carbonyl (C=O) groups excluding carboxylic acids is 3. The first-order valence-electron chi connectivity index (χ1n) is 6.88. The summed E-state index contributed by atoms with van der Waals surface area (Å²) in [7, 11) is 1.47. The molecule has 2 atom stereocenters. The van der Waals surface area contributed by atoms with Crippen molar-refractivity contribution in [2.75, 3.05) is 20.1 Å². The number of hydrogen-bond donors (Lipinski definition) is 2. The fraction of sp³-hybridized carbons (Fsp3) is 0.769. The van der Waals surface area contributed by atoms with E-state index in [1.54, 1.807) is 0 Å². The zero-order valence-electron chi connectivity index (χ0n) is 11.3. The molecular formula is C13H21N3O3. The van der Waals surface area contributed by atoms with Gasteiger partial charge in [-0.15, -0.1) is 0 Å². The monoisotopic (exact) mass is 267 g/mol. The maximum absolute atomic E-state index is 11.8. The second-order valence-electron chi connectivity index (χ2n) is 5.35. The van der Waals surface area contributed by atoms with E-state index in [1.807, 2.05) is 0 Å². The van der Waals surface area contributed by atoms with Crippen LogP contribution in [0.1, 0.15) is 32.1 Å². The standard InChI is InChI=1S/C13H21N3O3/c1-16-12(18)5-3-10(13(16)19)15-11(17)4-2-9-6-7-14-8-9/h9-10,14H,2-8H2,1H3,(H,15,17). The summed E-state index contributed by atoms with van der Waals surface area (Å²) in [6.45, 7) is 2.01. The van der Waals surface area contributed by atoms with Gasteiger partial charge in [0.15, 0.2) is 0 Å². The average Bonchev–Trinajstić information content (AvgIpc) is 2.90. The van der Waals surface area contributed by atoms with Crippen LogP contribution in [0, 0.1) is 5.92 Å². The van der Waals surface area contributed by atoms with Crippen LogP contribution in [0.25, 0.3) is 0 Å². The smallest absolute Gasteiger partial charge is 0.251 e. The molecule has 0 aromatic rings. The molecule has 106 valence electrons. The Bertz CT molecular complexity index is 377. The van der Waals surface area contributed by atoms with E-state index < -0.39 is 6.04 Å². The van der Waals surface area contributed by atoms with E-state index in [0.717, 1.165) is 30.8 Å². The number of nitrogens with zero attached hydrogens (tertiary/aromatic N) is 1. The average molecular weight is 267 g/mol. The van der Waals surface area contributed by atoms with E-state index in [4.69, 9.17) is 0 Å². The molecule has 2 heterocycles. The SMILES string of the molecule is CN1C(=O)CCC(NC(=O)CCC2CCNC2)C1=O. The van der Waals surface area contributed by atoms with Crippen LogP contribution in [0.15, 0.2) is 0 Å². The lowest BCUT2D eigenvalue weighted by Crippen LogP contribution is -2.52. The second-order valence-corrected chi connectivity index (χ2v) is 5.35.